The molecule has 1 heterocycles. The zero-order chi connectivity index (χ0) is 13.7. The predicted molar refractivity (Wildman–Crippen MR) is 75.3 cm³/mol. The Morgan fingerprint density at radius 2 is 2.06 bits per heavy atom. The molecule has 0 aromatic heterocycles. The number of nitrogens with zero attached hydrogens (tertiary/aromatic N) is 1. The average Bonchev–Trinajstić information content (AvgIpc) is 2.28. The van der Waals surface area contributed by atoms with Gasteiger partial charge < -0.3 is 11.1 Å². The molecule has 0 spiro atoms. The SMILES string of the molecule is CC(C)C(C)NC(=O)CN1CCCC(C(C)N)C1. The lowest BCUT2D eigenvalue weighted by Crippen LogP contribution is -2.48. The number of likely N-dealkylation sites (tertiary alicyclic amines) is 1. The van der Waals surface area contributed by atoms with E-state index in [1.165, 1.54) is 6.42 Å². The van der Waals surface area contributed by atoms with Crippen LogP contribution in [0.15, 0.2) is 0 Å². The van der Waals surface area contributed by atoms with Gasteiger partial charge in [0.2, 0.25) is 5.91 Å². The standard InChI is InChI=1S/C14H29N3O/c1-10(2)12(4)16-14(18)9-17-7-5-6-13(8-17)11(3)15/h10-13H,5-9,15H2,1-4H3,(H,16,18). The number of carbonyl (C=O) groups is 1. The minimum Gasteiger partial charge on any atom is -0.352 e. The minimum atomic E-state index is 0.140. The van der Waals surface area contributed by atoms with Crippen molar-refractivity contribution >= 4 is 5.91 Å². The maximum absolute atomic E-state index is 11.9. The topological polar surface area (TPSA) is 58.4 Å². The van der Waals surface area contributed by atoms with E-state index < -0.39 is 0 Å². The molecule has 1 rings (SSSR count). The van der Waals surface area contributed by atoms with Crippen LogP contribution in [0.2, 0.25) is 0 Å². The number of nitrogens with two attached hydrogens (primary N) is 1. The van der Waals surface area contributed by atoms with Gasteiger partial charge in [-0.05, 0) is 45.1 Å². The van der Waals surface area contributed by atoms with Gasteiger partial charge in [-0.15, -0.1) is 0 Å². The first-order valence-electron chi connectivity index (χ1n) is 7.17. The van der Waals surface area contributed by atoms with Crippen LogP contribution in [0.3, 0.4) is 0 Å². The van der Waals surface area contributed by atoms with Crippen LogP contribution < -0.4 is 11.1 Å². The highest BCUT2D eigenvalue weighted by Crippen LogP contribution is 2.18. The van der Waals surface area contributed by atoms with Crippen molar-refractivity contribution < 1.29 is 4.79 Å². The molecule has 0 bridgehead atoms. The van der Waals surface area contributed by atoms with Crippen molar-refractivity contribution in [3.63, 3.8) is 0 Å². The maximum atomic E-state index is 11.9. The second kappa shape index (κ2) is 7.10. The summed E-state index contributed by atoms with van der Waals surface area (Å²) < 4.78 is 0. The van der Waals surface area contributed by atoms with Crippen LogP contribution >= 0.6 is 0 Å². The lowest BCUT2D eigenvalue weighted by molar-refractivity contribution is -0.123. The van der Waals surface area contributed by atoms with Crippen molar-refractivity contribution in [1.29, 1.82) is 0 Å². The molecule has 0 aromatic rings. The van der Waals surface area contributed by atoms with E-state index in [2.05, 4.69) is 37.9 Å². The monoisotopic (exact) mass is 255 g/mol. The number of rotatable bonds is 5. The van der Waals surface area contributed by atoms with E-state index in [0.29, 0.717) is 18.4 Å². The van der Waals surface area contributed by atoms with E-state index >= 15 is 0 Å². The third kappa shape index (κ3) is 4.94. The molecule has 1 aliphatic heterocycles. The zero-order valence-electron chi connectivity index (χ0n) is 12.3. The van der Waals surface area contributed by atoms with Gasteiger partial charge in [-0.2, -0.15) is 0 Å². The molecular formula is C14H29N3O. The summed E-state index contributed by atoms with van der Waals surface area (Å²) in [5.74, 6) is 1.16. The molecule has 0 radical (unpaired) electrons. The summed E-state index contributed by atoms with van der Waals surface area (Å²) >= 11 is 0. The lowest BCUT2D eigenvalue weighted by atomic mass is 9.92. The van der Waals surface area contributed by atoms with Crippen LogP contribution in [-0.2, 0) is 4.79 Å². The van der Waals surface area contributed by atoms with E-state index in [-0.39, 0.29) is 18.0 Å². The Bertz CT molecular complexity index is 266. The highest BCUT2D eigenvalue weighted by molar-refractivity contribution is 5.78. The quantitative estimate of drug-likeness (QED) is 0.776. The van der Waals surface area contributed by atoms with Crippen molar-refractivity contribution in [3.05, 3.63) is 0 Å². The number of carbonyl (C=O) groups excluding carboxylic acids is 1. The van der Waals surface area contributed by atoms with Gasteiger partial charge in [0.25, 0.3) is 0 Å². The van der Waals surface area contributed by atoms with Gasteiger partial charge in [0.15, 0.2) is 0 Å². The number of hydrogen-bond donors (Lipinski definition) is 2. The molecule has 1 amide bonds. The highest BCUT2D eigenvalue weighted by Gasteiger charge is 2.24. The molecule has 1 aliphatic rings. The lowest BCUT2D eigenvalue weighted by Gasteiger charge is -2.34. The first-order chi connectivity index (χ1) is 8.40. The van der Waals surface area contributed by atoms with Gasteiger partial charge in [0, 0.05) is 18.6 Å². The van der Waals surface area contributed by atoms with E-state index in [9.17, 15) is 4.79 Å². The summed E-state index contributed by atoms with van der Waals surface area (Å²) in [6.45, 7) is 10.9. The van der Waals surface area contributed by atoms with Crippen LogP contribution in [0, 0.1) is 11.8 Å². The average molecular weight is 255 g/mol. The summed E-state index contributed by atoms with van der Waals surface area (Å²) in [5.41, 5.74) is 5.95. The molecule has 1 fully saturated rings. The van der Waals surface area contributed by atoms with Crippen LogP contribution in [0.4, 0.5) is 0 Å². The van der Waals surface area contributed by atoms with Gasteiger partial charge in [-0.1, -0.05) is 13.8 Å². The molecule has 4 heteroatoms. The predicted octanol–water partition coefficient (Wildman–Crippen LogP) is 1.21. The van der Waals surface area contributed by atoms with Gasteiger partial charge in [0.05, 0.1) is 6.54 Å². The van der Waals surface area contributed by atoms with E-state index in [4.69, 9.17) is 5.73 Å². The molecule has 0 aromatic carbocycles. The molecule has 0 aliphatic carbocycles. The molecule has 18 heavy (non-hydrogen) atoms. The van der Waals surface area contributed by atoms with Gasteiger partial charge in [-0.25, -0.2) is 0 Å². The Balaban J connectivity index is 2.35. The number of nitrogens with one attached hydrogen (secondary N) is 1. The third-order valence-electron chi connectivity index (χ3n) is 4.04. The summed E-state index contributed by atoms with van der Waals surface area (Å²) in [7, 11) is 0. The summed E-state index contributed by atoms with van der Waals surface area (Å²) in [6.07, 6.45) is 2.34. The van der Waals surface area contributed by atoms with E-state index in [1.54, 1.807) is 0 Å². The molecule has 1 saturated heterocycles. The van der Waals surface area contributed by atoms with Gasteiger partial charge >= 0.3 is 0 Å². The Morgan fingerprint density at radius 1 is 1.39 bits per heavy atom. The summed E-state index contributed by atoms with van der Waals surface area (Å²) in [4.78, 5) is 14.2. The fraction of sp³-hybridized carbons (Fsp3) is 0.929. The van der Waals surface area contributed by atoms with E-state index in [1.807, 2.05) is 0 Å². The summed E-state index contributed by atoms with van der Waals surface area (Å²) in [5, 5.41) is 3.06. The molecule has 106 valence electrons. The molecule has 4 nitrogen and oxygen atoms in total. The largest absolute Gasteiger partial charge is 0.352 e. The number of piperidine rings is 1. The number of amides is 1. The van der Waals surface area contributed by atoms with Crippen LogP contribution in [0.25, 0.3) is 0 Å². The molecule has 3 N–H and O–H groups in total. The van der Waals surface area contributed by atoms with Crippen LogP contribution in [0.5, 0.6) is 0 Å². The van der Waals surface area contributed by atoms with E-state index in [0.717, 1.165) is 19.5 Å². The van der Waals surface area contributed by atoms with Crippen molar-refractivity contribution in [3.8, 4) is 0 Å². The van der Waals surface area contributed by atoms with Gasteiger partial charge in [-0.3, -0.25) is 9.69 Å². The Hall–Kier alpha value is -0.610. The normalized spacial score (nSPS) is 24.9. The molecule has 3 unspecified atom stereocenters. The minimum absolute atomic E-state index is 0.140. The van der Waals surface area contributed by atoms with Crippen LogP contribution in [0.1, 0.15) is 40.5 Å². The smallest absolute Gasteiger partial charge is 0.234 e. The van der Waals surface area contributed by atoms with Crippen molar-refractivity contribution in [2.24, 2.45) is 17.6 Å². The van der Waals surface area contributed by atoms with Crippen molar-refractivity contribution in [1.82, 2.24) is 10.2 Å². The zero-order valence-corrected chi connectivity index (χ0v) is 12.3. The van der Waals surface area contributed by atoms with Crippen molar-refractivity contribution in [2.75, 3.05) is 19.6 Å². The molecule has 3 atom stereocenters. The third-order valence-corrected chi connectivity index (χ3v) is 4.04. The molecule has 0 saturated carbocycles. The Labute approximate surface area is 111 Å². The Kier molecular flexibility index (Phi) is 6.09. The van der Waals surface area contributed by atoms with Gasteiger partial charge in [0.1, 0.15) is 0 Å². The highest BCUT2D eigenvalue weighted by atomic mass is 16.2. The molecular weight excluding hydrogens is 226 g/mol. The summed E-state index contributed by atoms with van der Waals surface area (Å²) in [6, 6.07) is 0.469. The van der Waals surface area contributed by atoms with Crippen molar-refractivity contribution in [2.45, 2.75) is 52.6 Å². The Morgan fingerprint density at radius 3 is 2.61 bits per heavy atom. The second-order valence-electron chi connectivity index (χ2n) is 6.10. The van der Waals surface area contributed by atoms with Crippen LogP contribution in [-0.4, -0.2) is 42.5 Å². The maximum Gasteiger partial charge on any atom is 0.234 e. The first kappa shape index (κ1) is 15.4. The second-order valence-corrected chi connectivity index (χ2v) is 6.10. The first-order valence-corrected chi connectivity index (χ1v) is 7.17. The number of hydrogen-bond acceptors (Lipinski definition) is 3. The fourth-order valence-corrected chi connectivity index (χ4v) is 2.33. The fourth-order valence-electron chi connectivity index (χ4n) is 2.33.